The highest BCUT2D eigenvalue weighted by Gasteiger charge is 2.29. The smallest absolute Gasteiger partial charge is 0.246 e. The number of para-hydroxylation sites is 1. The molecule has 2 heterocycles. The topological polar surface area (TPSA) is 95.3 Å². The zero-order chi connectivity index (χ0) is 30.2. The van der Waals surface area contributed by atoms with E-state index in [0.717, 1.165) is 66.5 Å². The highest BCUT2D eigenvalue weighted by atomic mass is 16.5. The largest absolute Gasteiger partial charge is 0.457 e. The predicted octanol–water partition coefficient (Wildman–Crippen LogP) is 7.32. The lowest BCUT2D eigenvalue weighted by Gasteiger charge is -2.33. The number of hydrogen-bond donors (Lipinski definition) is 3. The third kappa shape index (κ3) is 7.62. The average Bonchev–Trinajstić information content (AvgIpc) is 3.39. The van der Waals surface area contributed by atoms with Crippen molar-refractivity contribution in [3.8, 4) is 22.8 Å². The fraction of sp³-hybridized carbons (Fsp3) is 0.400. The molecule has 0 bridgehead atoms. The van der Waals surface area contributed by atoms with E-state index in [9.17, 15) is 4.79 Å². The number of amides is 1. The second-order valence-corrected chi connectivity index (χ2v) is 11.6. The molecular formula is C35H44N6O2. The summed E-state index contributed by atoms with van der Waals surface area (Å²) in [5, 5.41) is 20.9. The number of aromatic nitrogens is 2. The molecule has 1 unspecified atom stereocenters. The summed E-state index contributed by atoms with van der Waals surface area (Å²) in [5.74, 6) is 2.35. The van der Waals surface area contributed by atoms with Crippen LogP contribution in [-0.2, 0) is 4.79 Å². The molecule has 1 saturated heterocycles. The molecular weight excluding hydrogens is 536 g/mol. The minimum absolute atomic E-state index is 0.00966. The van der Waals surface area contributed by atoms with Gasteiger partial charge in [-0.2, -0.15) is 5.10 Å². The number of likely N-dealkylation sites (tertiary alicyclic amines) is 1. The van der Waals surface area contributed by atoms with Gasteiger partial charge in [-0.15, -0.1) is 0 Å². The molecule has 2 fully saturated rings. The zero-order valence-corrected chi connectivity index (χ0v) is 25.6. The van der Waals surface area contributed by atoms with Crippen LogP contribution in [0.4, 0.5) is 5.82 Å². The molecule has 1 aliphatic heterocycles. The van der Waals surface area contributed by atoms with Crippen molar-refractivity contribution in [2.45, 2.75) is 71.4 Å². The molecule has 1 saturated carbocycles. The van der Waals surface area contributed by atoms with Crippen molar-refractivity contribution in [1.82, 2.24) is 20.0 Å². The monoisotopic (exact) mass is 580 g/mol. The Labute approximate surface area is 255 Å². The highest BCUT2D eigenvalue weighted by molar-refractivity contribution is 6.06. The Morgan fingerprint density at radius 1 is 1.05 bits per heavy atom. The lowest BCUT2D eigenvalue weighted by Crippen LogP contribution is -2.40. The number of benzene rings is 2. The van der Waals surface area contributed by atoms with Crippen molar-refractivity contribution < 1.29 is 9.53 Å². The first-order chi connectivity index (χ1) is 20.9. The lowest BCUT2D eigenvalue weighted by atomic mass is 9.93. The fourth-order valence-corrected chi connectivity index (χ4v) is 5.46. The van der Waals surface area contributed by atoms with Gasteiger partial charge in [0.2, 0.25) is 5.91 Å². The number of ether oxygens (including phenoxy) is 1. The summed E-state index contributed by atoms with van der Waals surface area (Å²) >= 11 is 0. The van der Waals surface area contributed by atoms with E-state index in [1.54, 1.807) is 13.0 Å². The van der Waals surface area contributed by atoms with Crippen LogP contribution in [0.25, 0.3) is 11.3 Å². The minimum Gasteiger partial charge on any atom is -0.457 e. The first-order valence-corrected chi connectivity index (χ1v) is 15.5. The molecule has 0 radical (unpaired) electrons. The lowest BCUT2D eigenvalue weighted by molar-refractivity contribution is -0.127. The van der Waals surface area contributed by atoms with Crippen LogP contribution in [0, 0.1) is 5.41 Å². The van der Waals surface area contributed by atoms with Gasteiger partial charge in [0.1, 0.15) is 23.0 Å². The van der Waals surface area contributed by atoms with Gasteiger partial charge < -0.3 is 25.7 Å². The number of carbonyl (C=O) groups excluding carboxylic acids is 1. The van der Waals surface area contributed by atoms with Gasteiger partial charge in [-0.25, -0.2) is 4.68 Å². The van der Waals surface area contributed by atoms with E-state index >= 15 is 0 Å². The van der Waals surface area contributed by atoms with E-state index < -0.39 is 0 Å². The molecule has 8 nitrogen and oxygen atoms in total. The van der Waals surface area contributed by atoms with Gasteiger partial charge >= 0.3 is 0 Å². The van der Waals surface area contributed by atoms with Crippen LogP contribution in [0.3, 0.4) is 0 Å². The Hall–Kier alpha value is -4.17. The van der Waals surface area contributed by atoms with Gasteiger partial charge in [-0.05, 0) is 82.3 Å². The number of nitrogens with one attached hydrogen (secondary N) is 3. The van der Waals surface area contributed by atoms with Crippen LogP contribution in [0.5, 0.6) is 11.5 Å². The summed E-state index contributed by atoms with van der Waals surface area (Å²) in [7, 11) is 0. The van der Waals surface area contributed by atoms with Gasteiger partial charge in [0.05, 0.1) is 11.6 Å². The van der Waals surface area contributed by atoms with Gasteiger partial charge in [0.25, 0.3) is 0 Å². The third-order valence-corrected chi connectivity index (χ3v) is 8.35. The Bertz CT molecular complexity index is 1450. The van der Waals surface area contributed by atoms with Crippen LogP contribution in [0.15, 0.2) is 78.5 Å². The molecule has 3 N–H and O–H groups in total. The maximum atomic E-state index is 13.1. The van der Waals surface area contributed by atoms with Crippen molar-refractivity contribution in [3.05, 3.63) is 84.1 Å². The first kappa shape index (κ1) is 30.3. The van der Waals surface area contributed by atoms with Crippen LogP contribution in [0.1, 0.15) is 70.9 Å². The molecule has 1 atom stereocenters. The van der Waals surface area contributed by atoms with Crippen LogP contribution in [-0.4, -0.2) is 52.0 Å². The summed E-state index contributed by atoms with van der Waals surface area (Å²) in [4.78, 5) is 15.0. The quantitative estimate of drug-likeness (QED) is 0.154. The number of piperidine rings is 1. The Kier molecular flexibility index (Phi) is 10.1. The molecule has 3 aromatic rings. The predicted molar refractivity (Wildman–Crippen MR) is 174 cm³/mol. The number of rotatable bonds is 12. The number of hydrogen-bond acceptors (Lipinski definition) is 6. The van der Waals surface area contributed by atoms with Crippen molar-refractivity contribution in [2.75, 3.05) is 25.0 Å². The molecule has 1 amide bonds. The van der Waals surface area contributed by atoms with E-state index in [4.69, 9.17) is 15.2 Å². The molecule has 1 aliphatic carbocycles. The Balaban J connectivity index is 1.40. The molecule has 226 valence electrons. The standard InChI is InChI=1S/C35H44N6O2/c1-4-25(2)23-38-35-33(26(3)36)34(27-17-19-31(20-18-27)43-30-14-6-5-7-15-30)39-41(35)29-13-10-22-40(24-29)32(42)16-9-21-37-28-11-8-12-28/h5-7,9,14-20,23,28-29,36-38H,4,8,10-13,21-22,24H2,1-3H3. The van der Waals surface area contributed by atoms with Gasteiger partial charge in [-0.3, -0.25) is 4.79 Å². The Morgan fingerprint density at radius 3 is 2.47 bits per heavy atom. The number of carbonyl (C=O) groups is 1. The van der Waals surface area contributed by atoms with Crippen molar-refractivity contribution in [3.63, 3.8) is 0 Å². The molecule has 43 heavy (non-hydrogen) atoms. The van der Waals surface area contributed by atoms with Crippen LogP contribution >= 0.6 is 0 Å². The summed E-state index contributed by atoms with van der Waals surface area (Å²) < 4.78 is 8.01. The van der Waals surface area contributed by atoms with Gasteiger partial charge in [0.15, 0.2) is 0 Å². The SMILES string of the molecule is CCC(C)=CNc1c(C(C)=N)c(-c2ccc(Oc3ccccc3)cc2)nn1C1CCCN(C(=O)C=CCNC2CCC2)C1. The second kappa shape index (κ2) is 14.3. The van der Waals surface area contributed by atoms with E-state index in [-0.39, 0.29) is 11.9 Å². The van der Waals surface area contributed by atoms with Crippen molar-refractivity contribution in [2.24, 2.45) is 0 Å². The third-order valence-electron chi connectivity index (χ3n) is 8.35. The van der Waals surface area contributed by atoms with E-state index in [1.807, 2.05) is 76.5 Å². The van der Waals surface area contributed by atoms with Crippen LogP contribution < -0.4 is 15.4 Å². The molecule has 8 heteroatoms. The molecule has 5 rings (SSSR count). The number of nitrogens with zero attached hydrogens (tertiary/aromatic N) is 3. The van der Waals surface area contributed by atoms with Gasteiger partial charge in [0, 0.05) is 49.2 Å². The van der Waals surface area contributed by atoms with Gasteiger partial charge in [-0.1, -0.05) is 43.2 Å². The average molecular weight is 581 g/mol. The molecule has 0 spiro atoms. The number of allylic oxidation sites excluding steroid dienone is 1. The van der Waals surface area contributed by atoms with E-state index in [0.29, 0.717) is 18.3 Å². The maximum absolute atomic E-state index is 13.1. The number of anilines is 1. The minimum atomic E-state index is -0.00966. The normalized spacial score (nSPS) is 17.6. The fourth-order valence-electron chi connectivity index (χ4n) is 5.46. The molecule has 2 aromatic carbocycles. The van der Waals surface area contributed by atoms with Crippen LogP contribution in [0.2, 0.25) is 0 Å². The molecule has 1 aromatic heterocycles. The van der Waals surface area contributed by atoms with Crippen molar-refractivity contribution >= 4 is 17.4 Å². The zero-order valence-electron chi connectivity index (χ0n) is 25.6. The second-order valence-electron chi connectivity index (χ2n) is 11.6. The summed E-state index contributed by atoms with van der Waals surface area (Å²) in [6.07, 6.45) is 12.1. The summed E-state index contributed by atoms with van der Waals surface area (Å²) in [5.41, 5.74) is 4.05. The molecule has 2 aliphatic rings. The van der Waals surface area contributed by atoms with Crippen molar-refractivity contribution in [1.29, 1.82) is 5.41 Å². The first-order valence-electron chi connectivity index (χ1n) is 15.5. The summed E-state index contributed by atoms with van der Waals surface area (Å²) in [6.45, 7) is 8.05. The maximum Gasteiger partial charge on any atom is 0.246 e. The van der Waals surface area contributed by atoms with E-state index in [1.165, 1.54) is 24.8 Å². The Morgan fingerprint density at radius 2 is 1.79 bits per heavy atom. The summed E-state index contributed by atoms with van der Waals surface area (Å²) in [6, 6.07) is 18.2. The highest BCUT2D eigenvalue weighted by Crippen LogP contribution is 2.35. The van der Waals surface area contributed by atoms with E-state index in [2.05, 4.69) is 24.5 Å².